The molecule has 230 valence electrons. The number of hydrogen-bond donors (Lipinski definition) is 0. The normalized spacial score (nSPS) is 18.6. The lowest BCUT2D eigenvalue weighted by Crippen LogP contribution is -2.49. The number of aromatic nitrogens is 2. The summed E-state index contributed by atoms with van der Waals surface area (Å²) < 4.78 is 32.3. The highest BCUT2D eigenvalue weighted by Crippen LogP contribution is 2.38. The molecular formula is C36H30N4O5S. The van der Waals surface area contributed by atoms with Gasteiger partial charge in [-0.05, 0) is 60.9 Å². The number of amides is 2. The van der Waals surface area contributed by atoms with E-state index < -0.39 is 27.7 Å². The second kappa shape index (κ2) is 12.5. The number of imide groups is 1. The third-order valence-electron chi connectivity index (χ3n) is 8.02. The maximum absolute atomic E-state index is 14.4. The van der Waals surface area contributed by atoms with E-state index in [0.29, 0.717) is 29.2 Å². The van der Waals surface area contributed by atoms with Gasteiger partial charge in [0.25, 0.3) is 11.8 Å². The Morgan fingerprint density at radius 2 is 1.74 bits per heavy atom. The molecule has 1 unspecified atom stereocenters. The zero-order chi connectivity index (χ0) is 32.4. The van der Waals surface area contributed by atoms with Gasteiger partial charge in [0, 0.05) is 22.9 Å². The molecule has 46 heavy (non-hydrogen) atoms. The number of nitrogens with zero attached hydrogens (tertiary/aromatic N) is 4. The second-order valence-electron chi connectivity index (χ2n) is 11.1. The van der Waals surface area contributed by atoms with Gasteiger partial charge >= 0.3 is 0 Å². The fourth-order valence-corrected chi connectivity index (χ4v) is 7.54. The smallest absolute Gasteiger partial charge is 0.272 e. The van der Waals surface area contributed by atoms with E-state index in [2.05, 4.69) is 6.58 Å². The maximum Gasteiger partial charge on any atom is 0.272 e. The number of carbonyl (C=O) groups is 2. The topological polar surface area (TPSA) is 122 Å². The minimum Gasteiger partial charge on any atom is -0.489 e. The van der Waals surface area contributed by atoms with Gasteiger partial charge in [-0.25, -0.2) is 13.1 Å². The summed E-state index contributed by atoms with van der Waals surface area (Å²) in [6.07, 6.45) is 5.22. The number of carbonyl (C=O) groups excluding carboxylic acids is 2. The van der Waals surface area contributed by atoms with Crippen molar-refractivity contribution in [2.75, 3.05) is 18.1 Å². The van der Waals surface area contributed by atoms with Crippen LogP contribution in [-0.4, -0.2) is 59.1 Å². The number of ether oxygens (including phenoxy) is 1. The Balaban J connectivity index is 1.57. The van der Waals surface area contributed by atoms with Crippen molar-refractivity contribution in [2.45, 2.75) is 19.4 Å². The van der Waals surface area contributed by atoms with Gasteiger partial charge < -0.3 is 4.74 Å². The third kappa shape index (κ3) is 5.80. The van der Waals surface area contributed by atoms with Crippen molar-refractivity contribution < 1.29 is 22.7 Å². The largest absolute Gasteiger partial charge is 0.489 e. The second-order valence-corrected chi connectivity index (χ2v) is 13.3. The van der Waals surface area contributed by atoms with E-state index in [4.69, 9.17) is 9.84 Å². The van der Waals surface area contributed by atoms with Crippen molar-refractivity contribution >= 4 is 33.3 Å². The molecule has 0 N–H and O–H groups in total. The van der Waals surface area contributed by atoms with E-state index in [0.717, 1.165) is 21.7 Å². The molecule has 1 fully saturated rings. The minimum atomic E-state index is -3.44. The van der Waals surface area contributed by atoms with Gasteiger partial charge in [0.05, 0.1) is 34.5 Å². The zero-order valence-corrected chi connectivity index (χ0v) is 25.9. The molecule has 2 aliphatic heterocycles. The predicted octanol–water partition coefficient (Wildman–Crippen LogP) is 5.33. The van der Waals surface area contributed by atoms with E-state index in [9.17, 15) is 23.3 Å². The highest BCUT2D eigenvalue weighted by molar-refractivity contribution is 7.91. The molecule has 3 heterocycles. The van der Waals surface area contributed by atoms with Crippen LogP contribution >= 0.6 is 0 Å². The van der Waals surface area contributed by atoms with Crippen molar-refractivity contribution in [2.24, 2.45) is 0 Å². The molecule has 0 radical (unpaired) electrons. The molecule has 2 amide bonds. The van der Waals surface area contributed by atoms with Gasteiger partial charge in [-0.3, -0.25) is 14.5 Å². The summed E-state index contributed by atoms with van der Waals surface area (Å²) in [6, 6.07) is 25.1. The molecule has 6 rings (SSSR count). The first kappa shape index (κ1) is 30.5. The van der Waals surface area contributed by atoms with Crippen molar-refractivity contribution in [1.82, 2.24) is 14.7 Å². The Morgan fingerprint density at radius 1 is 1.02 bits per heavy atom. The fourth-order valence-electron chi connectivity index (χ4n) is 5.84. The molecule has 1 atom stereocenters. The Bertz CT molecular complexity index is 2070. The van der Waals surface area contributed by atoms with E-state index >= 15 is 0 Å². The molecular weight excluding hydrogens is 600 g/mol. The summed E-state index contributed by atoms with van der Waals surface area (Å²) in [5.74, 6) is -1.23. The molecule has 1 saturated heterocycles. The lowest BCUT2D eigenvalue weighted by Gasteiger charge is -2.32. The van der Waals surface area contributed by atoms with Crippen LogP contribution in [0.5, 0.6) is 5.75 Å². The van der Waals surface area contributed by atoms with E-state index in [1.807, 2.05) is 61.5 Å². The van der Waals surface area contributed by atoms with Crippen LogP contribution in [0.2, 0.25) is 0 Å². The number of benzene rings is 3. The Kier molecular flexibility index (Phi) is 8.26. The summed E-state index contributed by atoms with van der Waals surface area (Å²) in [7, 11) is -3.44. The highest BCUT2D eigenvalue weighted by atomic mass is 32.2. The number of hydrogen-bond acceptors (Lipinski definition) is 7. The lowest BCUT2D eigenvalue weighted by atomic mass is 9.86. The predicted molar refractivity (Wildman–Crippen MR) is 175 cm³/mol. The van der Waals surface area contributed by atoms with E-state index in [-0.39, 0.29) is 34.6 Å². The van der Waals surface area contributed by atoms with Crippen molar-refractivity contribution in [3.8, 4) is 28.8 Å². The first-order valence-electron chi connectivity index (χ1n) is 14.7. The highest BCUT2D eigenvalue weighted by Gasteiger charge is 2.45. The van der Waals surface area contributed by atoms with Crippen LogP contribution in [0.1, 0.15) is 23.1 Å². The quantitative estimate of drug-likeness (QED) is 0.147. The molecule has 0 aliphatic carbocycles. The standard InChI is InChI=1S/C36H30N4O5S/c1-3-17-45-32-15-14-26(19-24(32)2)34-27(22-39(38-34)28-12-8-5-9-13-28)20-30-33(25-10-6-4-7-11-25)31(21-37)36(42)40(35(30)41)29-16-18-46(43,44)23-29/h3-15,19-20,22,29H,1,16-18,23H2,2H3/b30-20-. The average molecular weight is 631 g/mol. The minimum absolute atomic E-state index is 0.100. The fraction of sp³-hybridized carbons (Fsp3) is 0.167. The molecule has 9 nitrogen and oxygen atoms in total. The average Bonchev–Trinajstić information content (AvgIpc) is 3.65. The summed E-state index contributed by atoms with van der Waals surface area (Å²) >= 11 is 0. The summed E-state index contributed by atoms with van der Waals surface area (Å²) in [6.45, 7) is 5.99. The third-order valence-corrected chi connectivity index (χ3v) is 9.77. The Morgan fingerprint density at radius 3 is 2.37 bits per heavy atom. The molecule has 4 aromatic rings. The summed E-state index contributed by atoms with van der Waals surface area (Å²) in [5.41, 5.74) is 4.12. The SMILES string of the molecule is C=CCOc1ccc(-c2nn(-c3ccccc3)cc2/C=C2\C(=O)N(C3CCS(=O)(=O)C3)C(=O)C(C#N)=C2c2ccccc2)cc1C. The number of nitriles is 1. The van der Waals surface area contributed by atoms with E-state index in [1.54, 1.807) is 53.4 Å². The van der Waals surface area contributed by atoms with Crippen LogP contribution in [-0.2, 0) is 19.4 Å². The first-order chi connectivity index (χ1) is 22.2. The molecule has 3 aromatic carbocycles. The molecule has 2 aliphatic rings. The van der Waals surface area contributed by atoms with Gasteiger partial charge in [-0.1, -0.05) is 61.2 Å². The van der Waals surface area contributed by atoms with Crippen LogP contribution in [0.4, 0.5) is 0 Å². The monoisotopic (exact) mass is 630 g/mol. The van der Waals surface area contributed by atoms with Crippen molar-refractivity contribution in [1.29, 1.82) is 5.26 Å². The summed E-state index contributed by atoms with van der Waals surface area (Å²) in [4.78, 5) is 29.0. The first-order valence-corrected chi connectivity index (χ1v) is 16.5. The summed E-state index contributed by atoms with van der Waals surface area (Å²) in [5, 5.41) is 15.2. The lowest BCUT2D eigenvalue weighted by molar-refractivity contribution is -0.142. The Hall–Kier alpha value is -5.53. The maximum atomic E-state index is 14.4. The van der Waals surface area contributed by atoms with Gasteiger partial charge in [0.15, 0.2) is 9.84 Å². The van der Waals surface area contributed by atoms with Crippen LogP contribution in [0.15, 0.2) is 109 Å². The van der Waals surface area contributed by atoms with Gasteiger partial charge in [-0.2, -0.15) is 10.4 Å². The zero-order valence-electron chi connectivity index (χ0n) is 25.1. The molecule has 0 spiro atoms. The van der Waals surface area contributed by atoms with Gasteiger partial charge in [-0.15, -0.1) is 0 Å². The van der Waals surface area contributed by atoms with Crippen LogP contribution in [0.3, 0.4) is 0 Å². The van der Waals surface area contributed by atoms with E-state index in [1.165, 1.54) is 0 Å². The molecule has 10 heteroatoms. The molecule has 0 saturated carbocycles. The van der Waals surface area contributed by atoms with Crippen molar-refractivity contribution in [3.05, 3.63) is 126 Å². The van der Waals surface area contributed by atoms with Gasteiger partial charge in [0.1, 0.15) is 24.0 Å². The van der Waals surface area contributed by atoms with Crippen LogP contribution in [0.25, 0.3) is 28.6 Å². The molecule has 0 bridgehead atoms. The number of sulfone groups is 1. The number of para-hydroxylation sites is 1. The Labute approximate surface area is 267 Å². The van der Waals surface area contributed by atoms with Crippen LogP contribution in [0, 0.1) is 18.3 Å². The molecule has 1 aromatic heterocycles. The van der Waals surface area contributed by atoms with Crippen molar-refractivity contribution in [3.63, 3.8) is 0 Å². The van der Waals surface area contributed by atoms with Gasteiger partial charge in [0.2, 0.25) is 0 Å². The number of aryl methyl sites for hydroxylation is 1. The number of rotatable bonds is 8. The van der Waals surface area contributed by atoms with Crippen LogP contribution < -0.4 is 4.74 Å².